The van der Waals surface area contributed by atoms with Crippen LogP contribution in [0.3, 0.4) is 0 Å². The van der Waals surface area contributed by atoms with Gasteiger partial charge in [0.05, 0.1) is 0 Å². The van der Waals surface area contributed by atoms with Crippen molar-refractivity contribution < 1.29 is 9.59 Å². The topological polar surface area (TPSA) is 58.2 Å². The zero-order valence-electron chi connectivity index (χ0n) is 13.5. The summed E-state index contributed by atoms with van der Waals surface area (Å²) in [5.41, 5.74) is 2.15. The maximum absolute atomic E-state index is 12.3. The Hall–Kier alpha value is -2.82. The number of hydrogen-bond acceptors (Lipinski definition) is 2. The molecule has 0 aliphatic heterocycles. The van der Waals surface area contributed by atoms with Crippen molar-refractivity contribution in [2.75, 3.05) is 10.6 Å². The van der Waals surface area contributed by atoms with Gasteiger partial charge in [-0.05, 0) is 54.6 Å². The summed E-state index contributed by atoms with van der Waals surface area (Å²) in [5.74, 6) is -0.522. The monoisotopic (exact) mass is 384 g/mol. The molecule has 3 aromatic rings. The zero-order chi connectivity index (χ0) is 18.5. The first-order valence-electron chi connectivity index (χ1n) is 7.75. The first-order valence-corrected chi connectivity index (χ1v) is 8.51. The van der Waals surface area contributed by atoms with E-state index >= 15 is 0 Å². The molecular weight excluding hydrogens is 371 g/mol. The Morgan fingerprint density at radius 1 is 0.615 bits per heavy atom. The van der Waals surface area contributed by atoms with Crippen molar-refractivity contribution >= 4 is 46.4 Å². The molecule has 4 nitrogen and oxygen atoms in total. The highest BCUT2D eigenvalue weighted by atomic mass is 35.5. The molecule has 0 fully saturated rings. The van der Waals surface area contributed by atoms with Gasteiger partial charge >= 0.3 is 0 Å². The van der Waals surface area contributed by atoms with E-state index in [2.05, 4.69) is 10.6 Å². The van der Waals surface area contributed by atoms with Crippen LogP contribution in [0.2, 0.25) is 10.0 Å². The normalized spacial score (nSPS) is 10.2. The lowest BCUT2D eigenvalue weighted by molar-refractivity contribution is 0.101. The number of hydrogen-bond donors (Lipinski definition) is 2. The van der Waals surface area contributed by atoms with E-state index < -0.39 is 0 Å². The summed E-state index contributed by atoms with van der Waals surface area (Å²) in [6.45, 7) is 0. The fourth-order valence-corrected chi connectivity index (χ4v) is 2.84. The summed E-state index contributed by atoms with van der Waals surface area (Å²) in [5, 5.41) is 6.34. The van der Waals surface area contributed by atoms with E-state index in [0.717, 1.165) is 0 Å². The van der Waals surface area contributed by atoms with Gasteiger partial charge in [0, 0.05) is 32.5 Å². The van der Waals surface area contributed by atoms with E-state index in [1.54, 1.807) is 54.6 Å². The van der Waals surface area contributed by atoms with E-state index in [-0.39, 0.29) is 11.8 Å². The number of halogens is 2. The summed E-state index contributed by atoms with van der Waals surface area (Å²) >= 11 is 11.8. The quantitative estimate of drug-likeness (QED) is 0.623. The Morgan fingerprint density at radius 3 is 1.58 bits per heavy atom. The lowest BCUT2D eigenvalue weighted by Gasteiger charge is -2.08. The third-order valence-electron chi connectivity index (χ3n) is 3.56. The zero-order valence-corrected chi connectivity index (χ0v) is 15.0. The van der Waals surface area contributed by atoms with Crippen LogP contribution in [0.15, 0.2) is 72.8 Å². The fraction of sp³-hybridized carbons (Fsp3) is 0. The van der Waals surface area contributed by atoms with E-state index in [9.17, 15) is 9.59 Å². The Bertz CT molecular complexity index is 922. The Morgan fingerprint density at radius 2 is 1.08 bits per heavy atom. The molecule has 6 heteroatoms. The number of benzene rings is 3. The Kier molecular flexibility index (Phi) is 5.56. The van der Waals surface area contributed by atoms with Gasteiger partial charge in [-0.2, -0.15) is 0 Å². The van der Waals surface area contributed by atoms with Crippen molar-refractivity contribution in [3.8, 4) is 0 Å². The minimum atomic E-state index is -0.324. The first-order chi connectivity index (χ1) is 12.5. The van der Waals surface area contributed by atoms with Crippen LogP contribution >= 0.6 is 23.2 Å². The van der Waals surface area contributed by atoms with Gasteiger partial charge in [0.25, 0.3) is 11.8 Å². The molecule has 26 heavy (non-hydrogen) atoms. The lowest BCUT2D eigenvalue weighted by Crippen LogP contribution is -2.13. The van der Waals surface area contributed by atoms with E-state index in [1.165, 1.54) is 12.1 Å². The summed E-state index contributed by atoms with van der Waals surface area (Å²) in [6.07, 6.45) is 0. The molecule has 0 bridgehead atoms. The molecule has 0 radical (unpaired) electrons. The van der Waals surface area contributed by atoms with Crippen LogP contribution in [0, 0.1) is 0 Å². The number of carbonyl (C=O) groups is 2. The van der Waals surface area contributed by atoms with Gasteiger partial charge in [-0.3, -0.25) is 9.59 Å². The van der Waals surface area contributed by atoms with E-state index in [1.807, 2.05) is 6.07 Å². The Balaban J connectivity index is 1.66. The molecule has 0 atom stereocenters. The van der Waals surface area contributed by atoms with Gasteiger partial charge in [-0.15, -0.1) is 0 Å². The summed E-state index contributed by atoms with van der Waals surface area (Å²) in [4.78, 5) is 24.4. The van der Waals surface area contributed by atoms with Crippen molar-refractivity contribution in [2.45, 2.75) is 0 Å². The molecule has 0 saturated carbocycles. The van der Waals surface area contributed by atoms with Gasteiger partial charge in [0.1, 0.15) is 0 Å². The predicted octanol–water partition coefficient (Wildman–Crippen LogP) is 5.50. The second-order valence-electron chi connectivity index (χ2n) is 5.51. The van der Waals surface area contributed by atoms with Gasteiger partial charge in [-0.1, -0.05) is 41.4 Å². The molecule has 130 valence electrons. The van der Waals surface area contributed by atoms with Crippen molar-refractivity contribution in [1.29, 1.82) is 0 Å². The minimum Gasteiger partial charge on any atom is -0.322 e. The molecule has 0 spiro atoms. The average molecular weight is 385 g/mol. The van der Waals surface area contributed by atoms with Crippen molar-refractivity contribution in [3.05, 3.63) is 94.0 Å². The van der Waals surface area contributed by atoms with Crippen LogP contribution in [-0.2, 0) is 0 Å². The van der Waals surface area contributed by atoms with Crippen LogP contribution in [0.5, 0.6) is 0 Å². The number of amides is 2. The molecule has 0 unspecified atom stereocenters. The molecule has 3 rings (SSSR count). The maximum atomic E-state index is 12.3. The molecule has 2 N–H and O–H groups in total. The van der Waals surface area contributed by atoms with Crippen molar-refractivity contribution in [1.82, 2.24) is 0 Å². The van der Waals surface area contributed by atoms with Gasteiger partial charge in [0.2, 0.25) is 0 Å². The van der Waals surface area contributed by atoms with Crippen LogP contribution < -0.4 is 10.6 Å². The van der Waals surface area contributed by atoms with Crippen molar-refractivity contribution in [2.24, 2.45) is 0 Å². The predicted molar refractivity (Wildman–Crippen MR) is 105 cm³/mol. The summed E-state index contributed by atoms with van der Waals surface area (Å²) in [6, 6.07) is 20.4. The van der Waals surface area contributed by atoms with Crippen LogP contribution in [0.1, 0.15) is 20.7 Å². The van der Waals surface area contributed by atoms with Crippen LogP contribution in [0.4, 0.5) is 11.4 Å². The number of nitrogens with one attached hydrogen (secondary N) is 2. The Labute approximate surface area is 160 Å². The molecule has 3 aromatic carbocycles. The smallest absolute Gasteiger partial charge is 0.255 e. The molecule has 0 saturated heterocycles. The highest BCUT2D eigenvalue weighted by Crippen LogP contribution is 2.21. The molecule has 0 heterocycles. The molecule has 2 amide bonds. The molecular formula is C20H14Cl2N2O2. The fourth-order valence-electron chi connectivity index (χ4n) is 2.32. The van der Waals surface area contributed by atoms with Crippen molar-refractivity contribution in [3.63, 3.8) is 0 Å². The van der Waals surface area contributed by atoms with Crippen LogP contribution in [-0.4, -0.2) is 11.8 Å². The average Bonchev–Trinajstić information content (AvgIpc) is 2.63. The van der Waals surface area contributed by atoms with E-state index in [0.29, 0.717) is 32.5 Å². The maximum Gasteiger partial charge on any atom is 0.255 e. The molecule has 0 aliphatic carbocycles. The number of anilines is 2. The van der Waals surface area contributed by atoms with Gasteiger partial charge in [-0.25, -0.2) is 0 Å². The highest BCUT2D eigenvalue weighted by Gasteiger charge is 2.09. The van der Waals surface area contributed by atoms with E-state index in [4.69, 9.17) is 23.2 Å². The molecule has 0 aliphatic rings. The third kappa shape index (κ3) is 4.63. The highest BCUT2D eigenvalue weighted by molar-refractivity contribution is 6.35. The summed E-state index contributed by atoms with van der Waals surface area (Å²) < 4.78 is 0. The largest absolute Gasteiger partial charge is 0.322 e. The standard InChI is InChI=1S/C20H14Cl2N2O2/c21-15-10-14(11-16(22)12-15)20(26)24-18-8-6-17(7-9-18)23-19(25)13-4-2-1-3-5-13/h1-12H,(H,23,25)(H,24,26). The number of rotatable bonds is 4. The number of carbonyl (C=O) groups excluding carboxylic acids is 2. The molecule has 0 aromatic heterocycles. The van der Waals surface area contributed by atoms with Gasteiger partial charge < -0.3 is 10.6 Å². The SMILES string of the molecule is O=C(Nc1ccc(NC(=O)c2cc(Cl)cc(Cl)c2)cc1)c1ccccc1. The minimum absolute atomic E-state index is 0.198. The lowest BCUT2D eigenvalue weighted by atomic mass is 10.2. The second-order valence-corrected chi connectivity index (χ2v) is 6.38. The first kappa shape index (κ1) is 18.0. The third-order valence-corrected chi connectivity index (χ3v) is 4.00. The van der Waals surface area contributed by atoms with Gasteiger partial charge in [0.15, 0.2) is 0 Å². The summed E-state index contributed by atoms with van der Waals surface area (Å²) in [7, 11) is 0. The van der Waals surface area contributed by atoms with Crippen LogP contribution in [0.25, 0.3) is 0 Å². The second kappa shape index (κ2) is 8.04.